The van der Waals surface area contributed by atoms with Crippen molar-refractivity contribution in [3.8, 4) is 0 Å². The summed E-state index contributed by atoms with van der Waals surface area (Å²) >= 11 is 1.61. The highest BCUT2D eigenvalue weighted by Gasteiger charge is 2.28. The van der Waals surface area contributed by atoms with Crippen LogP contribution in [0.15, 0.2) is 11.5 Å². The Morgan fingerprint density at radius 3 is 3.00 bits per heavy atom. The molecule has 1 unspecified atom stereocenters. The molecule has 7 heteroatoms. The number of ether oxygens (including phenoxy) is 1. The number of esters is 1. The summed E-state index contributed by atoms with van der Waals surface area (Å²) in [5, 5.41) is 7.34. The first-order valence-electron chi connectivity index (χ1n) is 5.42. The van der Waals surface area contributed by atoms with Gasteiger partial charge in [-0.2, -0.15) is 5.10 Å². The smallest absolute Gasteiger partial charge is 0.325 e. The van der Waals surface area contributed by atoms with Gasteiger partial charge in [0.05, 0.1) is 7.11 Å². The monoisotopic (exact) mass is 258 g/mol. The summed E-state index contributed by atoms with van der Waals surface area (Å²) < 4.78 is 4.64. The number of aromatic nitrogens is 3. The molecule has 3 N–H and O–H groups in total. The van der Waals surface area contributed by atoms with Crippen molar-refractivity contribution in [2.24, 2.45) is 5.73 Å². The topological polar surface area (TPSA) is 93.9 Å². The fourth-order valence-corrected chi connectivity index (χ4v) is 2.14. The van der Waals surface area contributed by atoms with Crippen molar-refractivity contribution in [3.63, 3.8) is 0 Å². The number of nitrogens with two attached hydrogens (primary N) is 1. The van der Waals surface area contributed by atoms with Crippen LogP contribution in [0.5, 0.6) is 0 Å². The fraction of sp³-hybridized carbons (Fsp3) is 0.700. The molecule has 96 valence electrons. The van der Waals surface area contributed by atoms with Crippen molar-refractivity contribution < 1.29 is 9.53 Å². The van der Waals surface area contributed by atoms with E-state index in [1.807, 2.05) is 0 Å². The zero-order valence-corrected chi connectivity index (χ0v) is 10.9. The van der Waals surface area contributed by atoms with Gasteiger partial charge in [0.15, 0.2) is 5.16 Å². The number of carbonyl (C=O) groups is 1. The van der Waals surface area contributed by atoms with E-state index in [0.717, 1.165) is 23.8 Å². The predicted octanol–water partition coefficient (Wildman–Crippen LogP) is 0.957. The van der Waals surface area contributed by atoms with Gasteiger partial charge in [-0.25, -0.2) is 4.98 Å². The van der Waals surface area contributed by atoms with Crippen LogP contribution >= 0.6 is 11.8 Å². The van der Waals surface area contributed by atoms with Crippen LogP contribution in [0.2, 0.25) is 0 Å². The number of methoxy groups -OCH3 is 1. The Morgan fingerprint density at radius 2 is 2.41 bits per heavy atom. The normalized spacial score (nSPS) is 14.3. The molecule has 0 aliphatic carbocycles. The van der Waals surface area contributed by atoms with Crippen molar-refractivity contribution in [3.05, 3.63) is 6.33 Å². The second-order valence-corrected chi connectivity index (χ2v) is 5.09. The average Bonchev–Trinajstić information content (AvgIpc) is 2.80. The van der Waals surface area contributed by atoms with E-state index in [-0.39, 0.29) is 5.97 Å². The van der Waals surface area contributed by atoms with Crippen LogP contribution in [0, 0.1) is 0 Å². The average molecular weight is 258 g/mol. The number of nitrogens with one attached hydrogen (secondary N) is 1. The van der Waals surface area contributed by atoms with Gasteiger partial charge in [-0.05, 0) is 19.8 Å². The van der Waals surface area contributed by atoms with E-state index in [4.69, 9.17) is 5.73 Å². The lowest BCUT2D eigenvalue weighted by atomic mass is 9.97. The number of H-pyrrole nitrogens is 1. The molecule has 0 aliphatic heterocycles. The highest BCUT2D eigenvalue weighted by atomic mass is 32.2. The standard InChI is InChI=1S/C10H18N4O2S/c1-10(11,8(15)16-2)5-3-4-6-17-9-12-7-13-14-9/h7H,3-6,11H2,1-2H3,(H,12,13,14). The molecule has 0 amide bonds. The zero-order chi connectivity index (χ0) is 12.7. The molecular weight excluding hydrogens is 240 g/mol. The molecule has 0 fully saturated rings. The molecule has 1 aromatic heterocycles. The largest absolute Gasteiger partial charge is 0.468 e. The first-order chi connectivity index (χ1) is 8.06. The Hall–Kier alpha value is -1.08. The van der Waals surface area contributed by atoms with Gasteiger partial charge < -0.3 is 10.5 Å². The molecule has 0 aliphatic rings. The van der Waals surface area contributed by atoms with E-state index in [2.05, 4.69) is 19.9 Å². The summed E-state index contributed by atoms with van der Waals surface area (Å²) in [6, 6.07) is 0. The Bertz CT molecular complexity index is 340. The zero-order valence-electron chi connectivity index (χ0n) is 10.1. The maximum atomic E-state index is 11.3. The van der Waals surface area contributed by atoms with Crippen LogP contribution in [-0.4, -0.2) is 39.6 Å². The van der Waals surface area contributed by atoms with E-state index in [1.54, 1.807) is 18.7 Å². The van der Waals surface area contributed by atoms with E-state index < -0.39 is 5.54 Å². The third-order valence-corrected chi connectivity index (χ3v) is 3.34. The minimum Gasteiger partial charge on any atom is -0.468 e. The second kappa shape index (κ2) is 6.61. The van der Waals surface area contributed by atoms with Gasteiger partial charge in [0, 0.05) is 5.75 Å². The molecule has 17 heavy (non-hydrogen) atoms. The maximum Gasteiger partial charge on any atom is 0.325 e. The van der Waals surface area contributed by atoms with Crippen LogP contribution < -0.4 is 5.73 Å². The van der Waals surface area contributed by atoms with E-state index in [0.29, 0.717) is 6.42 Å². The highest BCUT2D eigenvalue weighted by molar-refractivity contribution is 7.99. The van der Waals surface area contributed by atoms with Gasteiger partial charge >= 0.3 is 5.97 Å². The molecule has 0 saturated heterocycles. The lowest BCUT2D eigenvalue weighted by Crippen LogP contribution is -2.45. The maximum absolute atomic E-state index is 11.3. The number of hydrogen-bond donors (Lipinski definition) is 2. The molecular formula is C10H18N4O2S. The SMILES string of the molecule is COC(=O)C(C)(N)CCCCSc1ncn[nH]1. The van der Waals surface area contributed by atoms with Gasteiger partial charge in [0.1, 0.15) is 11.9 Å². The predicted molar refractivity (Wildman–Crippen MR) is 65.6 cm³/mol. The van der Waals surface area contributed by atoms with Crippen LogP contribution in [-0.2, 0) is 9.53 Å². The summed E-state index contributed by atoms with van der Waals surface area (Å²) in [5.74, 6) is 0.562. The van der Waals surface area contributed by atoms with Crippen LogP contribution in [0.1, 0.15) is 26.2 Å². The summed E-state index contributed by atoms with van der Waals surface area (Å²) in [7, 11) is 1.35. The second-order valence-electron chi connectivity index (χ2n) is 4.01. The number of aromatic amines is 1. The number of carbonyl (C=O) groups excluding carboxylic acids is 1. The third-order valence-electron chi connectivity index (χ3n) is 2.37. The minimum absolute atomic E-state index is 0.361. The Balaban J connectivity index is 2.13. The quantitative estimate of drug-likeness (QED) is 0.430. The summed E-state index contributed by atoms with van der Waals surface area (Å²) in [6.07, 6.45) is 3.95. The first-order valence-corrected chi connectivity index (χ1v) is 6.40. The van der Waals surface area contributed by atoms with Crippen LogP contribution in [0.3, 0.4) is 0 Å². The molecule has 0 spiro atoms. The van der Waals surface area contributed by atoms with Crippen molar-refractivity contribution in [2.45, 2.75) is 36.9 Å². The fourth-order valence-electron chi connectivity index (χ4n) is 1.36. The first kappa shape index (κ1) is 14.0. The Kier molecular flexibility index (Phi) is 5.43. The van der Waals surface area contributed by atoms with E-state index in [1.165, 1.54) is 13.4 Å². The van der Waals surface area contributed by atoms with Crippen molar-refractivity contribution in [2.75, 3.05) is 12.9 Å². The number of nitrogens with zero attached hydrogens (tertiary/aromatic N) is 2. The van der Waals surface area contributed by atoms with Crippen molar-refractivity contribution in [1.29, 1.82) is 0 Å². The number of rotatable bonds is 7. The molecule has 1 heterocycles. The molecule has 6 nitrogen and oxygen atoms in total. The number of hydrogen-bond acceptors (Lipinski definition) is 6. The summed E-state index contributed by atoms with van der Waals surface area (Å²) in [4.78, 5) is 15.3. The lowest BCUT2D eigenvalue weighted by molar-refractivity contribution is -0.146. The minimum atomic E-state index is -0.883. The van der Waals surface area contributed by atoms with E-state index >= 15 is 0 Å². The summed E-state index contributed by atoms with van der Waals surface area (Å²) in [6.45, 7) is 1.70. The van der Waals surface area contributed by atoms with E-state index in [9.17, 15) is 4.79 Å². The molecule has 0 saturated carbocycles. The van der Waals surface area contributed by atoms with Crippen molar-refractivity contribution in [1.82, 2.24) is 15.2 Å². The van der Waals surface area contributed by atoms with Crippen molar-refractivity contribution >= 4 is 17.7 Å². The molecule has 0 radical (unpaired) electrons. The summed E-state index contributed by atoms with van der Waals surface area (Å²) in [5.41, 5.74) is 4.95. The van der Waals surface area contributed by atoms with Crippen LogP contribution in [0.25, 0.3) is 0 Å². The Morgan fingerprint density at radius 1 is 1.65 bits per heavy atom. The Labute approximate surface area is 105 Å². The number of thioether (sulfide) groups is 1. The van der Waals surface area contributed by atoms with Gasteiger partial charge in [-0.1, -0.05) is 18.2 Å². The van der Waals surface area contributed by atoms with Gasteiger partial charge in [-0.15, -0.1) is 0 Å². The molecule has 1 atom stereocenters. The van der Waals surface area contributed by atoms with Gasteiger partial charge in [-0.3, -0.25) is 9.89 Å². The molecule has 1 rings (SSSR count). The molecule has 0 aromatic carbocycles. The van der Waals surface area contributed by atoms with Crippen LogP contribution in [0.4, 0.5) is 0 Å². The number of unbranched alkanes of at least 4 members (excludes halogenated alkanes) is 1. The third kappa shape index (κ3) is 4.74. The molecule has 0 bridgehead atoms. The van der Waals surface area contributed by atoms with Gasteiger partial charge in [0.25, 0.3) is 0 Å². The van der Waals surface area contributed by atoms with Gasteiger partial charge in [0.2, 0.25) is 0 Å². The molecule has 1 aromatic rings. The highest BCUT2D eigenvalue weighted by Crippen LogP contribution is 2.17. The lowest BCUT2D eigenvalue weighted by Gasteiger charge is -2.20.